The average molecular weight is 912 g/mol. The third kappa shape index (κ3) is 8.92. The number of carbonyl (C=O) groups excluding carboxylic acids is 4. The van der Waals surface area contributed by atoms with Gasteiger partial charge in [0.1, 0.15) is 29.1 Å². The van der Waals surface area contributed by atoms with Crippen LogP contribution in [-0.2, 0) is 14.4 Å². The van der Waals surface area contributed by atoms with E-state index in [0.29, 0.717) is 66.2 Å². The Kier molecular flexibility index (Phi) is 13.0. The fraction of sp³-hybridized carbons (Fsp3) is 0.592. The number of aliphatic hydroxyl groups is 1. The summed E-state index contributed by atoms with van der Waals surface area (Å²) in [5.41, 5.74) is 1.50. The van der Waals surface area contributed by atoms with Crippen molar-refractivity contribution in [2.45, 2.75) is 120 Å². The number of aromatic nitrogens is 2. The van der Waals surface area contributed by atoms with E-state index in [1.165, 1.54) is 12.1 Å². The Hall–Kier alpha value is -5.42. The van der Waals surface area contributed by atoms with Crippen molar-refractivity contribution in [3.05, 3.63) is 59.3 Å². The molecule has 4 amide bonds. The molecular formula is C49H63F2N9O6. The Morgan fingerprint density at radius 2 is 1.74 bits per heavy atom. The van der Waals surface area contributed by atoms with Crippen LogP contribution in [0.25, 0.3) is 0 Å². The third-order valence-electron chi connectivity index (χ3n) is 15.5. The molecule has 1 spiro atoms. The number of carbonyl (C=O) groups is 4. The van der Waals surface area contributed by atoms with Gasteiger partial charge in [0.25, 0.3) is 5.91 Å². The van der Waals surface area contributed by atoms with Crippen molar-refractivity contribution in [2.24, 2.45) is 11.3 Å². The van der Waals surface area contributed by atoms with Crippen LogP contribution >= 0.6 is 0 Å². The van der Waals surface area contributed by atoms with Gasteiger partial charge in [-0.3, -0.25) is 24.5 Å². The summed E-state index contributed by atoms with van der Waals surface area (Å²) in [5, 5.41) is 19.0. The molecule has 2 aromatic carbocycles. The fourth-order valence-electron chi connectivity index (χ4n) is 11.9. The molecule has 1 unspecified atom stereocenters. The number of amides is 4. The van der Waals surface area contributed by atoms with E-state index in [1.807, 2.05) is 11.8 Å². The van der Waals surface area contributed by atoms with E-state index in [1.54, 1.807) is 43.5 Å². The third-order valence-corrected chi connectivity index (χ3v) is 15.5. The normalized spacial score (nSPS) is 24.2. The topological polar surface area (TPSA) is 173 Å². The van der Waals surface area contributed by atoms with Crippen LogP contribution in [0.15, 0.2) is 36.5 Å². The molecule has 2 aliphatic carbocycles. The summed E-state index contributed by atoms with van der Waals surface area (Å²) in [5.74, 6) is -1.93. The number of likely N-dealkylation sites (tertiary alicyclic amines) is 1. The first-order valence-electron chi connectivity index (χ1n) is 23.9. The lowest BCUT2D eigenvalue weighted by Crippen LogP contribution is -2.62. The average Bonchev–Trinajstić information content (AvgIpc) is 3.83. The van der Waals surface area contributed by atoms with Crippen LogP contribution < -0.4 is 35.4 Å². The Balaban J connectivity index is 0.798. The summed E-state index contributed by atoms with van der Waals surface area (Å²) in [6.45, 7) is 6.14. The Morgan fingerprint density at radius 3 is 2.42 bits per heavy atom. The van der Waals surface area contributed by atoms with Gasteiger partial charge in [-0.1, -0.05) is 19.8 Å². The van der Waals surface area contributed by atoms with Gasteiger partial charge in [0.05, 0.1) is 24.9 Å². The fourth-order valence-corrected chi connectivity index (χ4v) is 11.9. The Labute approximate surface area is 385 Å². The number of halogens is 2. The number of likely N-dealkylation sites (N-methyl/N-ethyl adjacent to an activating group) is 1. The maximum absolute atomic E-state index is 15.4. The number of ether oxygens (including phenoxy) is 1. The van der Waals surface area contributed by atoms with Crippen LogP contribution in [0.3, 0.4) is 0 Å². The molecule has 15 nitrogen and oxygen atoms in total. The molecule has 3 atom stereocenters. The molecule has 6 aliphatic rings. The standard InChI is InChI=1S/C49H63F2N9O6/c1-4-38-46(65)57(2)39-25-52-47(55-43(39)60(38)32-9-5-6-10-32)53-37-13-11-31(22-40(37)66-3)44(63)56-49(19-21-61)17-15-48(16-18-49)28-58(29-48)26-30-8-7-20-59(27-30)33-23-35(50)42(36(51)24-33)34-12-14-41(62)54-45(34)64/h11,13,22-25,30,32,34,38,61H,4-10,12,14-21,26-29H2,1-3H3,(H,56,63)(H,52,53,55)(H,54,62,64)/t30-,34?,38+/m0/s1. The van der Waals surface area contributed by atoms with E-state index in [2.05, 4.69) is 30.7 Å². The number of methoxy groups -OCH3 is 1. The quantitative estimate of drug-likeness (QED) is 0.144. The lowest BCUT2D eigenvalue weighted by atomic mass is 9.62. The number of aliphatic hydroxyl groups excluding tert-OH is 1. The lowest BCUT2D eigenvalue weighted by molar-refractivity contribution is -0.134. The number of imide groups is 1. The molecule has 3 saturated heterocycles. The Morgan fingerprint density at radius 1 is 1.00 bits per heavy atom. The molecule has 66 heavy (non-hydrogen) atoms. The highest BCUT2D eigenvalue weighted by Crippen LogP contribution is 2.49. The van der Waals surface area contributed by atoms with Crippen LogP contribution in [0.5, 0.6) is 5.75 Å². The molecule has 354 valence electrons. The van der Waals surface area contributed by atoms with Gasteiger partial charge in [-0.2, -0.15) is 4.98 Å². The van der Waals surface area contributed by atoms with Gasteiger partial charge >= 0.3 is 0 Å². The van der Waals surface area contributed by atoms with E-state index in [0.717, 1.165) is 89.7 Å². The van der Waals surface area contributed by atoms with Crippen LogP contribution in [0.4, 0.5) is 37.6 Å². The molecular weight excluding hydrogens is 849 g/mol. The van der Waals surface area contributed by atoms with Gasteiger partial charge in [0.15, 0.2) is 5.82 Å². The minimum atomic E-state index is -1.02. The molecule has 0 radical (unpaired) electrons. The van der Waals surface area contributed by atoms with E-state index in [-0.39, 0.29) is 54.3 Å². The first-order chi connectivity index (χ1) is 31.8. The van der Waals surface area contributed by atoms with Gasteiger partial charge in [-0.25, -0.2) is 13.8 Å². The number of rotatable bonds is 13. The number of anilines is 5. The van der Waals surface area contributed by atoms with Crippen molar-refractivity contribution in [3.63, 3.8) is 0 Å². The van der Waals surface area contributed by atoms with Crippen LogP contribution in [0.1, 0.15) is 119 Å². The van der Waals surface area contributed by atoms with E-state index < -0.39 is 34.9 Å². The van der Waals surface area contributed by atoms with Crippen molar-refractivity contribution in [1.82, 2.24) is 25.5 Å². The van der Waals surface area contributed by atoms with Crippen molar-refractivity contribution in [2.75, 3.05) is 73.5 Å². The summed E-state index contributed by atoms with van der Waals surface area (Å²) in [6.07, 6.45) is 12.5. The molecule has 0 bridgehead atoms. The van der Waals surface area contributed by atoms with E-state index in [4.69, 9.17) is 9.72 Å². The predicted octanol–water partition coefficient (Wildman–Crippen LogP) is 6.17. The summed E-state index contributed by atoms with van der Waals surface area (Å²) in [4.78, 5) is 69.2. The maximum Gasteiger partial charge on any atom is 0.251 e. The smallest absolute Gasteiger partial charge is 0.251 e. The molecule has 4 aliphatic heterocycles. The number of nitrogens with zero attached hydrogens (tertiary/aromatic N) is 6. The second-order valence-electron chi connectivity index (χ2n) is 19.8. The zero-order valence-electron chi connectivity index (χ0n) is 38.3. The Bertz CT molecular complexity index is 2320. The second kappa shape index (κ2) is 18.7. The SMILES string of the molecule is CC[C@@H]1C(=O)N(C)c2cnc(Nc3ccc(C(=O)NC4(CCO)CCC5(CC4)CN(C[C@@H]4CCCN(c6cc(F)c(C7CCC(=O)NC7=O)c(F)c6)C4)C5)cc3OC)nc2N1C1CCCC1. The van der Waals surface area contributed by atoms with Gasteiger partial charge in [0, 0.05) is 81.2 Å². The molecule has 17 heteroatoms. The zero-order valence-corrected chi connectivity index (χ0v) is 38.3. The molecule has 1 aromatic heterocycles. The minimum absolute atomic E-state index is 0.0425. The van der Waals surface area contributed by atoms with Crippen LogP contribution in [-0.4, -0.2) is 115 Å². The number of piperidine rings is 2. The predicted molar refractivity (Wildman–Crippen MR) is 246 cm³/mol. The number of fused-ring (bicyclic) bond motifs is 1. The monoisotopic (exact) mass is 911 g/mol. The molecule has 9 rings (SSSR count). The number of benzene rings is 2. The van der Waals surface area contributed by atoms with Crippen molar-refractivity contribution >= 4 is 52.5 Å². The van der Waals surface area contributed by atoms with Gasteiger partial charge < -0.3 is 40.1 Å². The van der Waals surface area contributed by atoms with E-state index in [9.17, 15) is 24.3 Å². The summed E-state index contributed by atoms with van der Waals surface area (Å²) in [7, 11) is 3.33. The van der Waals surface area contributed by atoms with Crippen molar-refractivity contribution in [1.29, 1.82) is 0 Å². The molecule has 4 N–H and O–H groups in total. The highest BCUT2D eigenvalue weighted by molar-refractivity contribution is 6.04. The van der Waals surface area contributed by atoms with Gasteiger partial charge in [-0.05, 0) is 112 Å². The molecule has 5 heterocycles. The number of nitrogens with one attached hydrogen (secondary N) is 3. The summed E-state index contributed by atoms with van der Waals surface area (Å²) >= 11 is 0. The lowest BCUT2D eigenvalue weighted by Gasteiger charge is -2.57. The second-order valence-corrected chi connectivity index (χ2v) is 19.8. The zero-order chi connectivity index (χ0) is 46.3. The number of hydrogen-bond donors (Lipinski definition) is 4. The van der Waals surface area contributed by atoms with Gasteiger partial charge in [0.2, 0.25) is 23.7 Å². The highest BCUT2D eigenvalue weighted by Gasteiger charge is 2.50. The highest BCUT2D eigenvalue weighted by atomic mass is 19.1. The van der Waals surface area contributed by atoms with Gasteiger partial charge in [-0.15, -0.1) is 0 Å². The molecule has 5 fully saturated rings. The summed E-state index contributed by atoms with van der Waals surface area (Å²) in [6, 6.07) is 7.85. The summed E-state index contributed by atoms with van der Waals surface area (Å²) < 4.78 is 36.5. The molecule has 2 saturated carbocycles. The maximum atomic E-state index is 15.4. The van der Waals surface area contributed by atoms with E-state index >= 15 is 8.78 Å². The van der Waals surface area contributed by atoms with Crippen molar-refractivity contribution in [3.8, 4) is 5.75 Å². The van der Waals surface area contributed by atoms with Crippen LogP contribution in [0.2, 0.25) is 0 Å². The first-order valence-corrected chi connectivity index (χ1v) is 23.9. The first kappa shape index (κ1) is 45.7. The van der Waals surface area contributed by atoms with Crippen LogP contribution in [0, 0.1) is 23.0 Å². The minimum Gasteiger partial charge on any atom is -0.495 e. The van der Waals surface area contributed by atoms with Crippen molar-refractivity contribution < 1.29 is 37.8 Å². The number of hydrogen-bond acceptors (Lipinski definition) is 12. The largest absolute Gasteiger partial charge is 0.495 e. The molecule has 3 aromatic rings.